The molecule has 0 fully saturated rings. The molecule has 0 radical (unpaired) electrons. The second kappa shape index (κ2) is 8.14. The van der Waals surface area contributed by atoms with Gasteiger partial charge in [0.25, 0.3) is 0 Å². The fraction of sp³-hybridized carbons (Fsp3) is 0.889. The Kier molecular flexibility index (Phi) is 8.11. The van der Waals surface area contributed by atoms with Crippen LogP contribution in [0.4, 0.5) is 0 Å². The highest BCUT2D eigenvalue weighted by molar-refractivity contribution is 6.83. The number of nitrogens with two attached hydrogens (primary N) is 1. The van der Waals surface area contributed by atoms with E-state index in [1.807, 2.05) is 0 Å². The van der Waals surface area contributed by atoms with Crippen LogP contribution in [0.15, 0.2) is 0 Å². The van der Waals surface area contributed by atoms with E-state index >= 15 is 0 Å². The lowest BCUT2D eigenvalue weighted by atomic mass is 9.93. The highest BCUT2D eigenvalue weighted by atomic mass is 28.4. The van der Waals surface area contributed by atoms with E-state index in [1.54, 1.807) is 0 Å². The van der Waals surface area contributed by atoms with Gasteiger partial charge in [-0.3, -0.25) is 0 Å². The number of hydrogen-bond donors (Lipinski definition) is 1. The molecule has 2 nitrogen and oxygen atoms in total. The molecule has 0 rings (SSSR count). The molecule has 0 spiro atoms. The maximum Gasteiger partial charge on any atom is 0.192 e. The normalized spacial score (nSPS) is 17.4. The molecular weight excluding hydrogens is 302 g/mol. The molecule has 0 saturated heterocycles. The first-order valence-corrected chi connectivity index (χ1v) is 15.1. The summed E-state index contributed by atoms with van der Waals surface area (Å²) in [6, 6.07) is -0.00192. The fourth-order valence-electron chi connectivity index (χ4n) is 2.03. The summed E-state index contributed by atoms with van der Waals surface area (Å²) in [5, 5.41) is 0.214. The zero-order valence-corrected chi connectivity index (χ0v) is 18.6. The first kappa shape index (κ1) is 21.9. The molecule has 0 aliphatic carbocycles. The van der Waals surface area contributed by atoms with Gasteiger partial charge in [-0.2, -0.15) is 0 Å². The lowest BCUT2D eigenvalue weighted by Gasteiger charge is -2.40. The molecule has 0 aliphatic rings. The molecule has 0 saturated carbocycles. The van der Waals surface area contributed by atoms with Gasteiger partial charge in [0.2, 0.25) is 0 Å². The van der Waals surface area contributed by atoms with Crippen molar-refractivity contribution in [3.63, 3.8) is 0 Å². The Hall–Kier alpha value is -0.0862. The molecule has 0 aromatic heterocycles. The van der Waals surface area contributed by atoms with Crippen molar-refractivity contribution in [2.75, 3.05) is 0 Å². The quantitative estimate of drug-likeness (QED) is 0.544. The third kappa shape index (κ3) is 7.45. The predicted molar refractivity (Wildman–Crippen MR) is 105 cm³/mol. The predicted octanol–water partition coefficient (Wildman–Crippen LogP) is 5.02. The van der Waals surface area contributed by atoms with Crippen LogP contribution in [-0.4, -0.2) is 28.5 Å². The topological polar surface area (TPSA) is 35.2 Å². The lowest BCUT2D eigenvalue weighted by Crippen LogP contribution is -2.50. The zero-order chi connectivity index (χ0) is 17.8. The van der Waals surface area contributed by atoms with Gasteiger partial charge in [-0.25, -0.2) is 0 Å². The van der Waals surface area contributed by atoms with Crippen LogP contribution in [0.1, 0.15) is 47.5 Å². The monoisotopic (exact) mass is 341 g/mol. The third-order valence-corrected chi connectivity index (χ3v) is 9.99. The van der Waals surface area contributed by atoms with E-state index in [2.05, 4.69) is 78.8 Å². The molecule has 0 aromatic rings. The molecule has 2 N–H and O–H groups in total. The van der Waals surface area contributed by atoms with Gasteiger partial charge in [-0.05, 0) is 31.5 Å². The van der Waals surface area contributed by atoms with E-state index in [-0.39, 0.29) is 23.1 Å². The maximum atomic E-state index is 6.54. The van der Waals surface area contributed by atoms with Crippen LogP contribution in [0.5, 0.6) is 0 Å². The van der Waals surface area contributed by atoms with Crippen molar-refractivity contribution in [1.82, 2.24) is 0 Å². The largest absolute Gasteiger partial charge is 0.413 e. The molecule has 0 aromatic carbocycles. The Bertz CT molecular complexity index is 396. The number of rotatable bonds is 6. The summed E-state index contributed by atoms with van der Waals surface area (Å²) in [6.45, 7) is 22.6. The smallest absolute Gasteiger partial charge is 0.192 e. The van der Waals surface area contributed by atoms with E-state index in [4.69, 9.17) is 10.2 Å². The molecule has 22 heavy (non-hydrogen) atoms. The van der Waals surface area contributed by atoms with Gasteiger partial charge in [0, 0.05) is 12.0 Å². The maximum absolute atomic E-state index is 6.54. The molecule has 3 atom stereocenters. The van der Waals surface area contributed by atoms with Gasteiger partial charge in [0.05, 0.1) is 6.10 Å². The summed E-state index contributed by atoms with van der Waals surface area (Å²) in [5.41, 5.74) is 10.0. The Balaban J connectivity index is 5.07. The van der Waals surface area contributed by atoms with Gasteiger partial charge >= 0.3 is 0 Å². The minimum Gasteiger partial charge on any atom is -0.413 e. The van der Waals surface area contributed by atoms with Crippen molar-refractivity contribution in [2.24, 2.45) is 11.7 Å². The molecule has 0 bridgehead atoms. The van der Waals surface area contributed by atoms with E-state index in [1.165, 1.54) is 0 Å². The zero-order valence-electron chi connectivity index (χ0n) is 16.6. The summed E-state index contributed by atoms with van der Waals surface area (Å²) >= 11 is 0. The Morgan fingerprint density at radius 3 is 1.95 bits per heavy atom. The fourth-order valence-corrected chi connectivity index (χ4v) is 4.09. The average Bonchev–Trinajstić information content (AvgIpc) is 2.30. The van der Waals surface area contributed by atoms with Crippen LogP contribution in [0.2, 0.25) is 37.8 Å². The molecule has 0 amide bonds. The van der Waals surface area contributed by atoms with Gasteiger partial charge < -0.3 is 10.2 Å². The minimum atomic E-state index is -1.78. The highest BCUT2D eigenvalue weighted by Gasteiger charge is 2.40. The Morgan fingerprint density at radius 1 is 1.09 bits per heavy atom. The van der Waals surface area contributed by atoms with Crippen molar-refractivity contribution in [3.8, 4) is 11.5 Å². The van der Waals surface area contributed by atoms with E-state index in [0.717, 1.165) is 12.8 Å². The summed E-state index contributed by atoms with van der Waals surface area (Å²) in [4.78, 5) is 0. The van der Waals surface area contributed by atoms with Gasteiger partial charge in [-0.1, -0.05) is 53.8 Å². The van der Waals surface area contributed by atoms with Crippen LogP contribution in [-0.2, 0) is 4.43 Å². The standard InChI is InChI=1S/C18H39NOSi2/c1-11-12-16(13-14-21(6,7)8)17(19)15(2)20-22(9,10)18(3,4)5/h15-17H,11-12,19H2,1-10H3/t15-,16+,17-/m1/s1. The highest BCUT2D eigenvalue weighted by Crippen LogP contribution is 2.37. The van der Waals surface area contributed by atoms with Crippen LogP contribution < -0.4 is 5.73 Å². The first-order chi connectivity index (χ1) is 9.71. The molecule has 0 heterocycles. The van der Waals surface area contributed by atoms with Gasteiger partial charge in [0.1, 0.15) is 8.07 Å². The van der Waals surface area contributed by atoms with Crippen LogP contribution in [0.25, 0.3) is 0 Å². The second-order valence-electron chi connectivity index (χ2n) is 9.08. The summed E-state index contributed by atoms with van der Waals surface area (Å²) < 4.78 is 6.48. The SMILES string of the molecule is CCC[C@@H](C#C[Si](C)(C)C)[C@H](N)[C@@H](C)O[Si](C)(C)C(C)(C)C. The van der Waals surface area contributed by atoms with Crippen molar-refractivity contribution < 1.29 is 4.43 Å². The van der Waals surface area contributed by atoms with Crippen LogP contribution >= 0.6 is 0 Å². The third-order valence-electron chi connectivity index (χ3n) is 4.53. The second-order valence-corrected chi connectivity index (χ2v) is 18.6. The molecular formula is C18H39NOSi2. The molecule has 4 heteroatoms. The van der Waals surface area contributed by atoms with Crippen LogP contribution in [0.3, 0.4) is 0 Å². The molecule has 0 aliphatic heterocycles. The van der Waals surface area contributed by atoms with Crippen molar-refractivity contribution >= 4 is 16.4 Å². The minimum absolute atomic E-state index is 0.00192. The van der Waals surface area contributed by atoms with Gasteiger partial charge in [0.15, 0.2) is 8.32 Å². The van der Waals surface area contributed by atoms with Crippen molar-refractivity contribution in [1.29, 1.82) is 0 Å². The van der Waals surface area contributed by atoms with Crippen molar-refractivity contribution in [3.05, 3.63) is 0 Å². The lowest BCUT2D eigenvalue weighted by molar-refractivity contribution is 0.151. The van der Waals surface area contributed by atoms with Gasteiger partial charge in [-0.15, -0.1) is 11.5 Å². The molecule has 0 unspecified atom stereocenters. The first-order valence-electron chi connectivity index (χ1n) is 8.67. The summed E-state index contributed by atoms with van der Waals surface area (Å²) in [5.74, 6) is 3.73. The summed E-state index contributed by atoms with van der Waals surface area (Å²) in [7, 11) is -3.13. The Morgan fingerprint density at radius 2 is 1.59 bits per heavy atom. The van der Waals surface area contributed by atoms with Crippen molar-refractivity contribution in [2.45, 2.75) is 97.4 Å². The van der Waals surface area contributed by atoms with E-state index in [0.29, 0.717) is 0 Å². The van der Waals surface area contributed by atoms with Crippen LogP contribution in [0, 0.1) is 17.4 Å². The molecule has 130 valence electrons. The average molecular weight is 342 g/mol. The van der Waals surface area contributed by atoms with E-state index < -0.39 is 16.4 Å². The summed E-state index contributed by atoms with van der Waals surface area (Å²) in [6.07, 6.45) is 2.24. The van der Waals surface area contributed by atoms with E-state index in [9.17, 15) is 0 Å². The number of hydrogen-bond acceptors (Lipinski definition) is 2. The Labute approximate surface area is 141 Å².